The van der Waals surface area contributed by atoms with Crippen molar-refractivity contribution in [3.05, 3.63) is 117 Å². The Hall–Kier alpha value is -5.59. The molecule has 0 unspecified atom stereocenters. The van der Waals surface area contributed by atoms with Crippen LogP contribution in [0.25, 0.3) is 16.6 Å². The van der Waals surface area contributed by atoms with Crippen LogP contribution < -0.4 is 19.7 Å². The molecular weight excluding hydrogens is 853 g/mol. The van der Waals surface area contributed by atoms with Crippen LogP contribution in [0.1, 0.15) is 54.4 Å². The maximum atomic E-state index is 15.6. The summed E-state index contributed by atoms with van der Waals surface area (Å²) in [6, 6.07) is 17.9. The highest BCUT2D eigenvalue weighted by Gasteiger charge is 2.41. The van der Waals surface area contributed by atoms with Crippen molar-refractivity contribution in [3.63, 3.8) is 0 Å². The minimum Gasteiger partial charge on any atom is -0.455 e. The van der Waals surface area contributed by atoms with Crippen molar-refractivity contribution >= 4 is 61.2 Å². The van der Waals surface area contributed by atoms with E-state index in [0.717, 1.165) is 48.6 Å². The highest BCUT2D eigenvalue weighted by molar-refractivity contribution is 7.90. The van der Waals surface area contributed by atoms with Gasteiger partial charge in [0.1, 0.15) is 33.5 Å². The van der Waals surface area contributed by atoms with Crippen molar-refractivity contribution in [2.24, 2.45) is 5.41 Å². The smallest absolute Gasteiger partial charge is 0.293 e. The first-order valence-corrected chi connectivity index (χ1v) is 23.0. The highest BCUT2D eigenvalue weighted by atomic mass is 35.5. The lowest BCUT2D eigenvalue weighted by Crippen LogP contribution is -2.47. The Morgan fingerprint density at radius 3 is 2.59 bits per heavy atom. The summed E-state index contributed by atoms with van der Waals surface area (Å²) in [6.07, 6.45) is 10.0. The van der Waals surface area contributed by atoms with E-state index in [2.05, 4.69) is 37.2 Å². The molecule has 0 radical (unpaired) electrons. The van der Waals surface area contributed by atoms with Gasteiger partial charge in [-0.1, -0.05) is 35.7 Å². The van der Waals surface area contributed by atoms with Gasteiger partial charge in [-0.15, -0.1) is 0 Å². The number of halogens is 2. The fourth-order valence-corrected chi connectivity index (χ4v) is 10.2. The number of benzene rings is 3. The SMILES string of the molecule is O=C(NS(=O)(=O)c1cc([N+](=O)[O-])c(NC[C@H]2COCCO2)cc1F)c1ccc(N2CCN(CC3=C(c4ccc(Cl)cc4)CC4(CCC4)CC3)CC2)cc1Oc1cnc2[nH]ccc2c1. The topological polar surface area (TPSA) is 181 Å². The second-order valence-electron chi connectivity index (χ2n) is 16.7. The fraction of sp³-hybridized carbons (Fsp3) is 0.378. The number of pyridine rings is 1. The number of nitrogens with zero attached hydrogens (tertiary/aromatic N) is 4. The molecule has 330 valence electrons. The highest BCUT2D eigenvalue weighted by Crippen LogP contribution is 2.55. The summed E-state index contributed by atoms with van der Waals surface area (Å²) in [5.74, 6) is -2.11. The molecule has 0 bridgehead atoms. The van der Waals surface area contributed by atoms with E-state index in [1.165, 1.54) is 54.7 Å². The standard InChI is InChI=1S/C45H47ClFN7O8S/c46-32-4-2-29(3-5-32)37-24-45(10-1-11-45)12-8-31(37)27-52-14-16-53(17-15-52)33-6-7-36(41(21-33)62-34-20-30-9-13-48-43(30)50-25-34)44(55)51-63(58,59)42-23-40(54(56)57)39(22-38(42)47)49-26-35-28-60-18-19-61-35/h2-7,9,13,20-23,25,35,49H,1,8,10-12,14-19,24,26-28H2,(H,48,50)(H,51,55)/t35-/m0/s1. The Labute approximate surface area is 368 Å². The van der Waals surface area contributed by atoms with Gasteiger partial charge in [0.2, 0.25) is 0 Å². The Balaban J connectivity index is 0.937. The molecule has 1 amide bonds. The number of piperazine rings is 1. The lowest BCUT2D eigenvalue weighted by atomic mass is 9.59. The summed E-state index contributed by atoms with van der Waals surface area (Å²) in [6.45, 7) is 4.87. The monoisotopic (exact) mass is 899 g/mol. The van der Waals surface area contributed by atoms with Crippen molar-refractivity contribution in [2.45, 2.75) is 49.5 Å². The number of carbonyl (C=O) groups is 1. The first kappa shape index (κ1) is 42.7. The number of anilines is 2. The molecule has 3 fully saturated rings. The third-order valence-corrected chi connectivity index (χ3v) is 14.3. The zero-order valence-electron chi connectivity index (χ0n) is 34.4. The van der Waals surface area contributed by atoms with Crippen LogP contribution in [0.4, 0.5) is 21.5 Å². The molecule has 15 nitrogen and oxygen atoms in total. The summed E-state index contributed by atoms with van der Waals surface area (Å²) in [5, 5.41) is 16.3. The number of carbonyl (C=O) groups excluding carboxylic acids is 1. The third-order valence-electron chi connectivity index (χ3n) is 12.7. The number of fused-ring (bicyclic) bond motifs is 1. The minimum atomic E-state index is -4.98. The van der Waals surface area contributed by atoms with E-state index in [4.69, 9.17) is 25.8 Å². The van der Waals surface area contributed by atoms with Gasteiger partial charge >= 0.3 is 0 Å². The van der Waals surface area contributed by atoms with Gasteiger partial charge in [0.15, 0.2) is 0 Å². The average molecular weight is 900 g/mol. The van der Waals surface area contributed by atoms with Gasteiger partial charge in [-0.05, 0) is 85.1 Å². The molecule has 5 aromatic rings. The largest absolute Gasteiger partial charge is 0.455 e. The molecule has 4 aliphatic rings. The Kier molecular flexibility index (Phi) is 12.1. The Morgan fingerprint density at radius 1 is 1.05 bits per heavy atom. The number of nitrogens with one attached hydrogen (secondary N) is 3. The second kappa shape index (κ2) is 17.9. The second-order valence-corrected chi connectivity index (χ2v) is 18.8. The van der Waals surface area contributed by atoms with Gasteiger partial charge in [0.25, 0.3) is 21.6 Å². The molecule has 4 heterocycles. The van der Waals surface area contributed by atoms with Crippen LogP contribution in [-0.2, 0) is 19.5 Å². The number of amides is 1. The molecule has 3 aromatic carbocycles. The number of aromatic nitrogens is 2. The van der Waals surface area contributed by atoms with Gasteiger partial charge in [-0.2, -0.15) is 0 Å². The zero-order valence-corrected chi connectivity index (χ0v) is 36.0. The number of sulfonamides is 1. The Morgan fingerprint density at radius 2 is 1.86 bits per heavy atom. The number of ether oxygens (including phenoxy) is 3. The van der Waals surface area contributed by atoms with E-state index in [1.54, 1.807) is 24.4 Å². The lowest BCUT2D eigenvalue weighted by Gasteiger charge is -2.47. The molecular formula is C45H47ClFN7O8S. The summed E-state index contributed by atoms with van der Waals surface area (Å²) < 4.78 is 61.9. The van der Waals surface area contributed by atoms with Crippen LogP contribution in [0.5, 0.6) is 11.5 Å². The number of aromatic amines is 1. The number of hydrogen-bond acceptors (Lipinski definition) is 12. The summed E-state index contributed by atoms with van der Waals surface area (Å²) >= 11 is 6.27. The van der Waals surface area contributed by atoms with E-state index in [-0.39, 0.29) is 35.9 Å². The van der Waals surface area contributed by atoms with E-state index < -0.39 is 43.4 Å². The zero-order chi connectivity index (χ0) is 43.7. The lowest BCUT2D eigenvalue weighted by molar-refractivity contribution is -0.384. The molecule has 2 aliphatic carbocycles. The minimum absolute atomic E-state index is 0.0316. The normalized spacial score (nSPS) is 19.2. The molecule has 9 rings (SSSR count). The quantitative estimate of drug-likeness (QED) is 0.0768. The van der Waals surface area contributed by atoms with E-state index in [1.807, 2.05) is 22.9 Å². The molecule has 18 heteroatoms. The van der Waals surface area contributed by atoms with Crippen LogP contribution in [0.2, 0.25) is 5.02 Å². The molecule has 3 N–H and O–H groups in total. The van der Waals surface area contributed by atoms with Gasteiger partial charge in [-0.25, -0.2) is 22.5 Å². The van der Waals surface area contributed by atoms with E-state index in [9.17, 15) is 23.3 Å². The number of hydrogen-bond donors (Lipinski definition) is 3. The van der Waals surface area contributed by atoms with Crippen LogP contribution in [0.3, 0.4) is 0 Å². The maximum absolute atomic E-state index is 15.6. The van der Waals surface area contributed by atoms with Gasteiger partial charge in [-0.3, -0.25) is 19.8 Å². The average Bonchev–Trinajstić information content (AvgIpc) is 3.74. The first-order chi connectivity index (χ1) is 30.4. The van der Waals surface area contributed by atoms with Crippen molar-refractivity contribution < 1.29 is 36.7 Å². The van der Waals surface area contributed by atoms with E-state index >= 15 is 4.39 Å². The fourth-order valence-electron chi connectivity index (χ4n) is 9.06. The van der Waals surface area contributed by atoms with Crippen molar-refractivity contribution in [3.8, 4) is 11.5 Å². The van der Waals surface area contributed by atoms with Crippen LogP contribution in [0.15, 0.2) is 89.6 Å². The summed E-state index contributed by atoms with van der Waals surface area (Å²) in [5.41, 5.74) is 4.86. The van der Waals surface area contributed by atoms with Crippen molar-refractivity contribution in [1.29, 1.82) is 0 Å². The molecule has 1 spiro atoms. The van der Waals surface area contributed by atoms with Crippen LogP contribution in [0, 0.1) is 21.3 Å². The molecule has 63 heavy (non-hydrogen) atoms. The molecule has 2 saturated heterocycles. The van der Waals surface area contributed by atoms with Crippen molar-refractivity contribution in [1.82, 2.24) is 19.6 Å². The molecule has 2 aromatic heterocycles. The number of rotatable bonds is 13. The number of H-pyrrole nitrogens is 1. The van der Waals surface area contributed by atoms with Crippen LogP contribution in [-0.4, -0.2) is 99.3 Å². The molecule has 2 aliphatic heterocycles. The van der Waals surface area contributed by atoms with Gasteiger partial charge in [0, 0.05) is 79.8 Å². The van der Waals surface area contributed by atoms with E-state index in [0.29, 0.717) is 49.5 Å². The maximum Gasteiger partial charge on any atom is 0.293 e. The Bertz CT molecular complexity index is 2680. The number of nitro benzene ring substituents is 1. The molecule has 1 saturated carbocycles. The predicted octanol–water partition coefficient (Wildman–Crippen LogP) is 7.93. The first-order valence-electron chi connectivity index (χ1n) is 21.1. The summed E-state index contributed by atoms with van der Waals surface area (Å²) in [7, 11) is -4.98. The van der Waals surface area contributed by atoms with Crippen molar-refractivity contribution in [2.75, 3.05) is 69.3 Å². The summed E-state index contributed by atoms with van der Waals surface area (Å²) in [4.78, 5) is 36.1. The number of allylic oxidation sites excluding steroid dienone is 1. The van der Waals surface area contributed by atoms with Gasteiger partial charge in [0.05, 0.1) is 42.6 Å². The van der Waals surface area contributed by atoms with Crippen LogP contribution >= 0.6 is 11.6 Å². The predicted molar refractivity (Wildman–Crippen MR) is 237 cm³/mol. The molecule has 1 atom stereocenters. The third kappa shape index (κ3) is 9.38. The number of nitro groups is 1. The van der Waals surface area contributed by atoms with Gasteiger partial charge < -0.3 is 29.4 Å².